The summed E-state index contributed by atoms with van der Waals surface area (Å²) in [5, 5.41) is 8.38. The number of hydrogen-bond acceptors (Lipinski definition) is 2. The van der Waals surface area contributed by atoms with E-state index in [2.05, 4.69) is 6.07 Å². The van der Waals surface area contributed by atoms with E-state index in [9.17, 15) is 0 Å². The molecule has 0 spiro atoms. The molecule has 0 saturated heterocycles. The number of nitrogens with two attached hydrogens (primary N) is 1. The second kappa shape index (κ2) is 2.15. The van der Waals surface area contributed by atoms with Gasteiger partial charge in [-0.05, 0) is 19.3 Å². The zero-order valence-electron chi connectivity index (χ0n) is 4.80. The summed E-state index contributed by atoms with van der Waals surface area (Å²) in [5.74, 6) is 0.255. The number of hydrogen-bond donors (Lipinski definition) is 1. The maximum atomic E-state index is 8.38. The van der Waals surface area contributed by atoms with Crippen molar-refractivity contribution in [3.63, 3.8) is 0 Å². The lowest BCUT2D eigenvalue weighted by Crippen LogP contribution is -2.14. The molecule has 0 radical (unpaired) electrons. The molecule has 8 heavy (non-hydrogen) atoms. The van der Waals surface area contributed by atoms with Gasteiger partial charge in [-0.15, -0.1) is 0 Å². The molecule has 1 fully saturated rings. The lowest BCUT2D eigenvalue weighted by molar-refractivity contribution is 0.662. The van der Waals surface area contributed by atoms with Gasteiger partial charge in [-0.1, -0.05) is 0 Å². The minimum atomic E-state index is 0.255. The third kappa shape index (κ3) is 0.988. The minimum absolute atomic E-state index is 0.255. The van der Waals surface area contributed by atoms with E-state index < -0.39 is 0 Å². The molecule has 0 bridgehead atoms. The predicted molar refractivity (Wildman–Crippen MR) is 30.9 cm³/mol. The monoisotopic (exact) mass is 110 g/mol. The SMILES string of the molecule is N#C[C@@H]1CC[C@@H](N)C1. The lowest BCUT2D eigenvalue weighted by atomic mass is 10.1. The van der Waals surface area contributed by atoms with Gasteiger partial charge in [0.15, 0.2) is 0 Å². The quantitative estimate of drug-likeness (QED) is 0.497. The third-order valence-electron chi connectivity index (χ3n) is 1.66. The first-order valence-corrected chi connectivity index (χ1v) is 2.98. The van der Waals surface area contributed by atoms with Gasteiger partial charge in [-0.3, -0.25) is 0 Å². The zero-order chi connectivity index (χ0) is 5.98. The van der Waals surface area contributed by atoms with Crippen LogP contribution in [0.4, 0.5) is 0 Å². The standard InChI is InChI=1S/C6H10N2/c7-4-5-1-2-6(8)3-5/h5-6H,1-3,8H2/t5-,6-/m1/s1. The van der Waals surface area contributed by atoms with Gasteiger partial charge >= 0.3 is 0 Å². The summed E-state index contributed by atoms with van der Waals surface area (Å²) in [6, 6.07) is 2.52. The third-order valence-corrected chi connectivity index (χ3v) is 1.66. The van der Waals surface area contributed by atoms with Crippen molar-refractivity contribution in [2.45, 2.75) is 25.3 Å². The molecule has 44 valence electrons. The van der Waals surface area contributed by atoms with Crippen LogP contribution < -0.4 is 5.73 Å². The molecule has 2 nitrogen and oxygen atoms in total. The smallest absolute Gasteiger partial charge is 0.0656 e. The number of rotatable bonds is 0. The van der Waals surface area contributed by atoms with Crippen LogP contribution in [0.2, 0.25) is 0 Å². The lowest BCUT2D eigenvalue weighted by Gasteiger charge is -1.95. The fourth-order valence-electron chi connectivity index (χ4n) is 1.13. The Morgan fingerprint density at radius 2 is 2.25 bits per heavy atom. The molecular formula is C6H10N2. The molecule has 0 aromatic heterocycles. The first kappa shape index (κ1) is 5.58. The van der Waals surface area contributed by atoms with Crippen LogP contribution in [0.15, 0.2) is 0 Å². The molecule has 1 aliphatic carbocycles. The van der Waals surface area contributed by atoms with Crippen LogP contribution in [0, 0.1) is 17.2 Å². The van der Waals surface area contributed by atoms with E-state index in [1.807, 2.05) is 0 Å². The van der Waals surface area contributed by atoms with Crippen molar-refractivity contribution < 1.29 is 0 Å². The Morgan fingerprint density at radius 1 is 1.50 bits per heavy atom. The summed E-state index contributed by atoms with van der Waals surface area (Å²) in [5.41, 5.74) is 5.55. The highest BCUT2D eigenvalue weighted by Gasteiger charge is 2.20. The fraction of sp³-hybridized carbons (Fsp3) is 0.833. The van der Waals surface area contributed by atoms with E-state index in [1.165, 1.54) is 0 Å². The molecule has 2 atom stereocenters. The van der Waals surface area contributed by atoms with Crippen molar-refractivity contribution in [2.24, 2.45) is 11.7 Å². The number of nitriles is 1. The molecule has 0 unspecified atom stereocenters. The van der Waals surface area contributed by atoms with Crippen molar-refractivity contribution in [1.29, 1.82) is 5.26 Å². The molecule has 2 heteroatoms. The predicted octanol–water partition coefficient (Wildman–Crippen LogP) is 0.637. The van der Waals surface area contributed by atoms with Crippen molar-refractivity contribution in [1.82, 2.24) is 0 Å². The summed E-state index contributed by atoms with van der Waals surface area (Å²) < 4.78 is 0. The summed E-state index contributed by atoms with van der Waals surface area (Å²) >= 11 is 0. The van der Waals surface area contributed by atoms with Crippen LogP contribution in [-0.2, 0) is 0 Å². The van der Waals surface area contributed by atoms with Crippen molar-refractivity contribution in [2.75, 3.05) is 0 Å². The van der Waals surface area contributed by atoms with E-state index >= 15 is 0 Å². The molecule has 1 saturated carbocycles. The molecule has 0 heterocycles. The van der Waals surface area contributed by atoms with Gasteiger partial charge in [0.2, 0.25) is 0 Å². The van der Waals surface area contributed by atoms with E-state index in [-0.39, 0.29) is 5.92 Å². The van der Waals surface area contributed by atoms with E-state index in [0.29, 0.717) is 6.04 Å². The van der Waals surface area contributed by atoms with Crippen LogP contribution in [0.5, 0.6) is 0 Å². The second-order valence-corrected chi connectivity index (χ2v) is 2.40. The van der Waals surface area contributed by atoms with Crippen LogP contribution >= 0.6 is 0 Å². The van der Waals surface area contributed by atoms with Crippen LogP contribution in [0.25, 0.3) is 0 Å². The maximum Gasteiger partial charge on any atom is 0.0656 e. The van der Waals surface area contributed by atoms with Crippen molar-refractivity contribution in [3.8, 4) is 6.07 Å². The van der Waals surface area contributed by atoms with Gasteiger partial charge in [0, 0.05) is 12.0 Å². The topological polar surface area (TPSA) is 49.8 Å². The first-order valence-electron chi connectivity index (χ1n) is 2.98. The summed E-state index contributed by atoms with van der Waals surface area (Å²) in [7, 11) is 0. The Hall–Kier alpha value is -0.550. The highest BCUT2D eigenvalue weighted by Crippen LogP contribution is 2.22. The van der Waals surface area contributed by atoms with Crippen LogP contribution in [0.3, 0.4) is 0 Å². The molecule has 0 amide bonds. The minimum Gasteiger partial charge on any atom is -0.328 e. The first-order chi connectivity index (χ1) is 3.83. The molecule has 1 aliphatic rings. The van der Waals surface area contributed by atoms with Crippen molar-refractivity contribution >= 4 is 0 Å². The molecule has 0 aromatic carbocycles. The average molecular weight is 110 g/mol. The van der Waals surface area contributed by atoms with Gasteiger partial charge in [0.25, 0.3) is 0 Å². The molecule has 0 aromatic rings. The van der Waals surface area contributed by atoms with Crippen molar-refractivity contribution in [3.05, 3.63) is 0 Å². The van der Waals surface area contributed by atoms with Gasteiger partial charge < -0.3 is 5.73 Å². The molecular weight excluding hydrogens is 100 g/mol. The normalized spacial score (nSPS) is 37.0. The Morgan fingerprint density at radius 3 is 2.50 bits per heavy atom. The Labute approximate surface area is 49.3 Å². The van der Waals surface area contributed by atoms with Gasteiger partial charge in [0.05, 0.1) is 6.07 Å². The second-order valence-electron chi connectivity index (χ2n) is 2.40. The molecule has 0 aliphatic heterocycles. The van der Waals surface area contributed by atoms with Crippen LogP contribution in [-0.4, -0.2) is 6.04 Å². The Bertz CT molecular complexity index is 114. The Balaban J connectivity index is 2.35. The number of nitrogens with zero attached hydrogens (tertiary/aromatic N) is 1. The van der Waals surface area contributed by atoms with Gasteiger partial charge in [-0.2, -0.15) is 5.26 Å². The zero-order valence-corrected chi connectivity index (χ0v) is 4.80. The van der Waals surface area contributed by atoms with E-state index in [1.54, 1.807) is 0 Å². The van der Waals surface area contributed by atoms with Gasteiger partial charge in [-0.25, -0.2) is 0 Å². The summed E-state index contributed by atoms with van der Waals surface area (Å²) in [4.78, 5) is 0. The van der Waals surface area contributed by atoms with Crippen LogP contribution in [0.1, 0.15) is 19.3 Å². The largest absolute Gasteiger partial charge is 0.328 e. The summed E-state index contributed by atoms with van der Waals surface area (Å²) in [6.45, 7) is 0. The fourth-order valence-corrected chi connectivity index (χ4v) is 1.13. The highest BCUT2D eigenvalue weighted by molar-refractivity contribution is 4.91. The average Bonchev–Trinajstić information content (AvgIpc) is 2.14. The molecule has 1 rings (SSSR count). The molecule has 2 N–H and O–H groups in total. The van der Waals surface area contributed by atoms with Gasteiger partial charge in [0.1, 0.15) is 0 Å². The maximum absolute atomic E-state index is 8.38. The van der Waals surface area contributed by atoms with E-state index in [0.717, 1.165) is 19.3 Å². The van der Waals surface area contributed by atoms with E-state index in [4.69, 9.17) is 11.0 Å². The summed E-state index contributed by atoms with van der Waals surface area (Å²) in [6.07, 6.45) is 2.96. The highest BCUT2D eigenvalue weighted by atomic mass is 14.6. The Kier molecular flexibility index (Phi) is 1.50.